The van der Waals surface area contributed by atoms with Crippen LogP contribution in [0.25, 0.3) is 10.9 Å². The van der Waals surface area contributed by atoms with E-state index in [0.29, 0.717) is 17.7 Å². The van der Waals surface area contributed by atoms with E-state index in [2.05, 4.69) is 5.32 Å². The van der Waals surface area contributed by atoms with Crippen LogP contribution >= 0.6 is 0 Å². The van der Waals surface area contributed by atoms with Gasteiger partial charge in [0.05, 0.1) is 5.56 Å². The minimum atomic E-state index is -4.45. The molecule has 164 valence electrons. The Morgan fingerprint density at radius 2 is 1.62 bits per heavy atom. The third-order valence-electron chi connectivity index (χ3n) is 5.34. The van der Waals surface area contributed by atoms with Crippen LogP contribution in [0.5, 0.6) is 0 Å². The van der Waals surface area contributed by atoms with E-state index in [4.69, 9.17) is 0 Å². The van der Waals surface area contributed by atoms with Crippen molar-refractivity contribution >= 4 is 16.9 Å². The van der Waals surface area contributed by atoms with E-state index in [0.717, 1.165) is 28.6 Å². The summed E-state index contributed by atoms with van der Waals surface area (Å²) in [5.74, 6) is -1.10. The Kier molecular flexibility index (Phi) is 6.01. The van der Waals surface area contributed by atoms with Crippen LogP contribution < -0.4 is 5.32 Å². The van der Waals surface area contributed by atoms with Gasteiger partial charge in [-0.1, -0.05) is 66.7 Å². The van der Waals surface area contributed by atoms with Crippen molar-refractivity contribution in [3.63, 3.8) is 0 Å². The first-order chi connectivity index (χ1) is 15.3. The van der Waals surface area contributed by atoms with Crippen LogP contribution in [0.15, 0.2) is 85.1 Å². The van der Waals surface area contributed by atoms with Crippen molar-refractivity contribution in [2.45, 2.75) is 25.3 Å². The van der Waals surface area contributed by atoms with Crippen molar-refractivity contribution in [1.29, 1.82) is 0 Å². The van der Waals surface area contributed by atoms with Gasteiger partial charge in [0, 0.05) is 35.8 Å². The maximum atomic E-state index is 13.0. The molecule has 4 aromatic rings. The molecule has 0 saturated carbocycles. The SMILES string of the molecule is O=C(O)C(NCc1cccc(C(F)(F)F)c1)c1cn(Cc2ccccc2)c2ccccc12. The number of hydrogen-bond donors (Lipinski definition) is 2. The molecule has 32 heavy (non-hydrogen) atoms. The molecule has 0 saturated heterocycles. The fourth-order valence-electron chi connectivity index (χ4n) is 3.82. The molecule has 3 aromatic carbocycles. The number of nitrogens with one attached hydrogen (secondary N) is 1. The van der Waals surface area contributed by atoms with Crippen LogP contribution in [-0.2, 0) is 24.1 Å². The van der Waals surface area contributed by atoms with Gasteiger partial charge >= 0.3 is 12.1 Å². The van der Waals surface area contributed by atoms with Crippen LogP contribution in [0.1, 0.15) is 28.3 Å². The number of carboxylic acid groups (broad SMARTS) is 1. The van der Waals surface area contributed by atoms with Crippen LogP contribution in [0.3, 0.4) is 0 Å². The lowest BCUT2D eigenvalue weighted by atomic mass is 10.0. The molecule has 1 aromatic heterocycles. The highest BCUT2D eigenvalue weighted by atomic mass is 19.4. The Balaban J connectivity index is 1.64. The number of fused-ring (bicyclic) bond motifs is 1. The van der Waals surface area contributed by atoms with Gasteiger partial charge in [-0.3, -0.25) is 10.1 Å². The second-order valence-electron chi connectivity index (χ2n) is 7.57. The lowest BCUT2D eigenvalue weighted by Gasteiger charge is -2.15. The summed E-state index contributed by atoms with van der Waals surface area (Å²) in [6, 6.07) is 21.1. The third kappa shape index (κ3) is 4.68. The van der Waals surface area contributed by atoms with Gasteiger partial charge in [0.25, 0.3) is 0 Å². The van der Waals surface area contributed by atoms with E-state index < -0.39 is 23.8 Å². The minimum absolute atomic E-state index is 0.0148. The molecular formula is C25H21F3N2O2. The van der Waals surface area contributed by atoms with Crippen molar-refractivity contribution in [1.82, 2.24) is 9.88 Å². The molecule has 2 N–H and O–H groups in total. The quantitative estimate of drug-likeness (QED) is 0.394. The smallest absolute Gasteiger partial charge is 0.416 e. The number of aliphatic carboxylic acids is 1. The summed E-state index contributed by atoms with van der Waals surface area (Å²) in [5.41, 5.74) is 2.13. The second kappa shape index (κ2) is 8.88. The number of alkyl halides is 3. The molecule has 0 fully saturated rings. The Hall–Kier alpha value is -3.58. The Bertz CT molecular complexity index is 1230. The normalized spacial score (nSPS) is 12.7. The zero-order valence-electron chi connectivity index (χ0n) is 17.0. The van der Waals surface area contributed by atoms with Crippen molar-refractivity contribution in [3.05, 3.63) is 107 Å². The van der Waals surface area contributed by atoms with Gasteiger partial charge in [0.15, 0.2) is 0 Å². The monoisotopic (exact) mass is 438 g/mol. The van der Waals surface area contributed by atoms with Crippen molar-refractivity contribution < 1.29 is 23.1 Å². The molecule has 1 unspecified atom stereocenters. The molecule has 0 radical (unpaired) electrons. The molecule has 0 spiro atoms. The fourth-order valence-corrected chi connectivity index (χ4v) is 3.82. The summed E-state index contributed by atoms with van der Waals surface area (Å²) >= 11 is 0. The zero-order chi connectivity index (χ0) is 22.7. The maximum Gasteiger partial charge on any atom is 0.416 e. The van der Waals surface area contributed by atoms with E-state index in [9.17, 15) is 23.1 Å². The van der Waals surface area contributed by atoms with E-state index in [-0.39, 0.29) is 6.54 Å². The molecule has 7 heteroatoms. The maximum absolute atomic E-state index is 13.0. The Morgan fingerprint density at radius 1 is 0.938 bits per heavy atom. The van der Waals surface area contributed by atoms with Gasteiger partial charge in [-0.05, 0) is 23.3 Å². The van der Waals surface area contributed by atoms with Gasteiger partial charge < -0.3 is 9.67 Å². The molecule has 1 atom stereocenters. The molecule has 0 aliphatic rings. The zero-order valence-corrected chi connectivity index (χ0v) is 17.0. The predicted octanol–water partition coefficient (Wildman–Crippen LogP) is 5.62. The summed E-state index contributed by atoms with van der Waals surface area (Å²) in [5, 5.41) is 13.6. The first-order valence-corrected chi connectivity index (χ1v) is 10.1. The number of carboxylic acids is 1. The van der Waals surface area contributed by atoms with Crippen LogP contribution in [-0.4, -0.2) is 15.6 Å². The Labute approximate surface area is 182 Å². The largest absolute Gasteiger partial charge is 0.480 e. The van der Waals surface area contributed by atoms with Gasteiger partial charge in [-0.2, -0.15) is 13.2 Å². The third-order valence-corrected chi connectivity index (χ3v) is 5.34. The molecule has 0 amide bonds. The summed E-state index contributed by atoms with van der Waals surface area (Å²) in [7, 11) is 0. The van der Waals surface area contributed by atoms with Crippen molar-refractivity contribution in [3.8, 4) is 0 Å². The van der Waals surface area contributed by atoms with Crippen molar-refractivity contribution in [2.24, 2.45) is 0 Å². The molecular weight excluding hydrogens is 417 g/mol. The molecule has 1 heterocycles. The number of aromatic nitrogens is 1. The minimum Gasteiger partial charge on any atom is -0.480 e. The van der Waals surface area contributed by atoms with Crippen molar-refractivity contribution in [2.75, 3.05) is 0 Å². The first-order valence-electron chi connectivity index (χ1n) is 10.1. The summed E-state index contributed by atoms with van der Waals surface area (Å²) in [6.45, 7) is 0.556. The molecule has 0 aliphatic heterocycles. The second-order valence-corrected chi connectivity index (χ2v) is 7.57. The highest BCUT2D eigenvalue weighted by Crippen LogP contribution is 2.30. The number of rotatable bonds is 7. The van der Waals surface area contributed by atoms with Crippen LogP contribution in [0.2, 0.25) is 0 Å². The molecule has 0 bridgehead atoms. The number of benzene rings is 3. The number of hydrogen-bond acceptors (Lipinski definition) is 2. The summed E-state index contributed by atoms with van der Waals surface area (Å²) in [6.07, 6.45) is -2.65. The van der Waals surface area contributed by atoms with E-state index >= 15 is 0 Å². The fraction of sp³-hybridized carbons (Fsp3) is 0.160. The van der Waals surface area contributed by atoms with Crippen LogP contribution in [0, 0.1) is 0 Å². The molecule has 4 rings (SSSR count). The average Bonchev–Trinajstić information content (AvgIpc) is 3.12. The number of carbonyl (C=O) groups is 1. The Morgan fingerprint density at radius 3 is 2.34 bits per heavy atom. The summed E-state index contributed by atoms with van der Waals surface area (Å²) < 4.78 is 41.0. The highest BCUT2D eigenvalue weighted by molar-refractivity contribution is 5.89. The summed E-state index contributed by atoms with van der Waals surface area (Å²) in [4.78, 5) is 12.1. The standard InChI is InChI=1S/C25H21F3N2O2/c26-25(27,28)19-10-6-9-18(13-19)14-29-23(24(31)32)21-16-30(15-17-7-2-1-3-8-17)22-12-5-4-11-20(21)22/h1-13,16,23,29H,14-15H2,(H,31,32). The van der Waals surface area contributed by atoms with E-state index in [1.165, 1.54) is 6.07 Å². The molecule has 0 aliphatic carbocycles. The van der Waals surface area contributed by atoms with Gasteiger partial charge in [0.1, 0.15) is 6.04 Å². The lowest BCUT2D eigenvalue weighted by Crippen LogP contribution is -2.28. The van der Waals surface area contributed by atoms with Gasteiger partial charge in [-0.15, -0.1) is 0 Å². The predicted molar refractivity (Wildman–Crippen MR) is 116 cm³/mol. The van der Waals surface area contributed by atoms with E-state index in [1.54, 1.807) is 12.3 Å². The van der Waals surface area contributed by atoms with Gasteiger partial charge in [0.2, 0.25) is 0 Å². The number of nitrogens with zero attached hydrogens (tertiary/aromatic N) is 1. The van der Waals surface area contributed by atoms with E-state index in [1.807, 2.05) is 59.2 Å². The lowest BCUT2D eigenvalue weighted by molar-refractivity contribution is -0.140. The highest BCUT2D eigenvalue weighted by Gasteiger charge is 2.30. The number of halogens is 3. The van der Waals surface area contributed by atoms with Gasteiger partial charge in [-0.25, -0.2) is 0 Å². The average molecular weight is 438 g/mol. The first kappa shape index (κ1) is 21.6. The molecule has 4 nitrogen and oxygen atoms in total. The number of para-hydroxylation sites is 1. The van der Waals surface area contributed by atoms with Crippen LogP contribution in [0.4, 0.5) is 13.2 Å². The topological polar surface area (TPSA) is 54.3 Å².